The number of benzene rings is 2. The van der Waals surface area contributed by atoms with E-state index < -0.39 is 0 Å². The molecule has 3 aromatic rings. The fourth-order valence-corrected chi connectivity index (χ4v) is 4.67. The number of para-hydroxylation sites is 1. The Morgan fingerprint density at radius 3 is 2.14 bits per heavy atom. The summed E-state index contributed by atoms with van der Waals surface area (Å²) in [5.74, 6) is 2.22. The lowest BCUT2D eigenvalue weighted by molar-refractivity contribution is -0.525. The Kier molecular flexibility index (Phi) is 4.61. The van der Waals surface area contributed by atoms with Crippen molar-refractivity contribution in [2.75, 3.05) is 4.81 Å². The maximum atomic E-state index is 2.57. The van der Waals surface area contributed by atoms with Gasteiger partial charge in [0.15, 0.2) is 0 Å². The van der Waals surface area contributed by atoms with Crippen LogP contribution in [0.3, 0.4) is 0 Å². The van der Waals surface area contributed by atoms with Crippen molar-refractivity contribution in [3.63, 3.8) is 0 Å². The van der Waals surface area contributed by atoms with E-state index in [1.807, 2.05) is 0 Å². The molecule has 0 atom stereocenters. The van der Waals surface area contributed by atoms with Crippen molar-refractivity contribution in [1.82, 2.24) is 4.57 Å². The van der Waals surface area contributed by atoms with Crippen molar-refractivity contribution in [3.8, 4) is 11.4 Å². The summed E-state index contributed by atoms with van der Waals surface area (Å²) >= 11 is 0. The van der Waals surface area contributed by atoms with Crippen LogP contribution < -0.4 is 9.29 Å². The molecule has 0 aliphatic carbocycles. The van der Waals surface area contributed by atoms with Crippen molar-refractivity contribution in [1.29, 1.82) is 0 Å². The highest BCUT2D eigenvalue weighted by atomic mass is 15.2. The molecule has 0 radical (unpaired) electrons. The number of aromatic nitrogens is 2. The van der Waals surface area contributed by atoms with E-state index in [2.05, 4.69) is 111 Å². The van der Waals surface area contributed by atoms with Crippen molar-refractivity contribution < 1.29 is 4.48 Å². The molecule has 1 aromatic heterocycles. The van der Waals surface area contributed by atoms with E-state index in [1.54, 1.807) is 0 Å². The topological polar surface area (TPSA) is 12.1 Å². The monoisotopic (exact) mass is 372 g/mol. The SMILES string of the molecule is CB1N(c2c(C(C)C)cccc2C(C)C)c2cccc(C)c2-c2n(C)cc[n+]21. The Morgan fingerprint density at radius 2 is 1.54 bits per heavy atom. The Bertz CT molecular complexity index is 1010. The molecule has 0 saturated heterocycles. The molecule has 0 N–H and O–H groups in total. The molecule has 2 aromatic carbocycles. The van der Waals surface area contributed by atoms with Gasteiger partial charge in [-0.1, -0.05) is 58.0 Å². The molecule has 0 spiro atoms. The fourth-order valence-electron chi connectivity index (χ4n) is 4.67. The van der Waals surface area contributed by atoms with Crippen molar-refractivity contribution >= 4 is 18.4 Å². The summed E-state index contributed by atoms with van der Waals surface area (Å²) in [6, 6.07) is 13.5. The quantitative estimate of drug-likeness (QED) is 0.541. The Hall–Kier alpha value is -2.49. The zero-order valence-electron chi connectivity index (χ0n) is 18.2. The van der Waals surface area contributed by atoms with Crippen LogP contribution in [0, 0.1) is 6.92 Å². The van der Waals surface area contributed by atoms with E-state index >= 15 is 0 Å². The van der Waals surface area contributed by atoms with Gasteiger partial charge in [-0.2, -0.15) is 0 Å². The van der Waals surface area contributed by atoms with Crippen LogP contribution in [-0.2, 0) is 7.05 Å². The summed E-state index contributed by atoms with van der Waals surface area (Å²) in [5, 5.41) is 0. The van der Waals surface area contributed by atoms with Crippen LogP contribution in [0.5, 0.6) is 0 Å². The van der Waals surface area contributed by atoms with Crippen LogP contribution in [-0.4, -0.2) is 11.5 Å². The molecule has 28 heavy (non-hydrogen) atoms. The lowest BCUT2D eigenvalue weighted by Gasteiger charge is -2.37. The third-order valence-corrected chi connectivity index (χ3v) is 6.12. The van der Waals surface area contributed by atoms with Gasteiger partial charge in [-0.05, 0) is 48.3 Å². The van der Waals surface area contributed by atoms with E-state index in [1.165, 1.54) is 39.5 Å². The molecule has 1 aliphatic rings. The number of hydrogen-bond donors (Lipinski definition) is 0. The van der Waals surface area contributed by atoms with Gasteiger partial charge in [0, 0.05) is 11.4 Å². The van der Waals surface area contributed by atoms with Crippen LogP contribution in [0.2, 0.25) is 6.82 Å². The number of nitrogens with zero attached hydrogens (tertiary/aromatic N) is 3. The number of imidazole rings is 1. The van der Waals surface area contributed by atoms with Gasteiger partial charge in [0.2, 0.25) is 0 Å². The van der Waals surface area contributed by atoms with Gasteiger partial charge in [-0.15, -0.1) is 0 Å². The minimum absolute atomic E-state index is 0.211. The molecule has 0 saturated carbocycles. The molecule has 0 amide bonds. The molecule has 144 valence electrons. The second kappa shape index (κ2) is 6.84. The molecular formula is C24H31BN3+. The predicted octanol–water partition coefficient (Wildman–Crippen LogP) is 5.65. The van der Waals surface area contributed by atoms with E-state index in [9.17, 15) is 0 Å². The van der Waals surface area contributed by atoms with Crippen molar-refractivity contribution in [2.45, 2.75) is 53.3 Å². The summed E-state index contributed by atoms with van der Waals surface area (Å²) in [6.45, 7) is 14.0. The Balaban J connectivity index is 2.08. The van der Waals surface area contributed by atoms with Gasteiger partial charge in [0.25, 0.3) is 5.82 Å². The second-order valence-corrected chi connectivity index (χ2v) is 8.71. The van der Waals surface area contributed by atoms with Crippen molar-refractivity contribution in [2.24, 2.45) is 7.05 Å². The van der Waals surface area contributed by atoms with E-state index in [-0.39, 0.29) is 6.98 Å². The van der Waals surface area contributed by atoms with Crippen LogP contribution in [0.15, 0.2) is 48.8 Å². The molecule has 2 heterocycles. The normalized spacial score (nSPS) is 13.3. The fraction of sp³-hybridized carbons (Fsp3) is 0.375. The third kappa shape index (κ3) is 2.69. The predicted molar refractivity (Wildman–Crippen MR) is 120 cm³/mol. The number of fused-ring (bicyclic) bond motifs is 3. The van der Waals surface area contributed by atoms with Crippen LogP contribution in [0.1, 0.15) is 56.2 Å². The van der Waals surface area contributed by atoms with E-state index in [0.717, 1.165) is 0 Å². The smallest absolute Gasteiger partial charge is 0.343 e. The van der Waals surface area contributed by atoms with Crippen molar-refractivity contribution in [3.05, 3.63) is 65.5 Å². The Morgan fingerprint density at radius 1 is 0.929 bits per heavy atom. The number of aryl methyl sites for hydroxylation is 2. The van der Waals surface area contributed by atoms with Gasteiger partial charge in [-0.25, -0.2) is 4.57 Å². The minimum Gasteiger partial charge on any atom is -0.343 e. The zero-order chi connectivity index (χ0) is 20.2. The molecule has 4 rings (SSSR count). The number of rotatable bonds is 3. The number of anilines is 2. The molecule has 3 nitrogen and oxygen atoms in total. The highest BCUT2D eigenvalue weighted by molar-refractivity contribution is 6.56. The Labute approximate surface area is 169 Å². The average molecular weight is 372 g/mol. The minimum atomic E-state index is 0.211. The van der Waals surface area contributed by atoms with E-state index in [0.29, 0.717) is 11.8 Å². The average Bonchev–Trinajstić information content (AvgIpc) is 3.03. The zero-order valence-corrected chi connectivity index (χ0v) is 18.2. The van der Waals surface area contributed by atoms with Gasteiger partial charge >= 0.3 is 6.98 Å². The lowest BCUT2D eigenvalue weighted by atomic mass is 9.71. The van der Waals surface area contributed by atoms with Crippen LogP contribution in [0.4, 0.5) is 11.4 Å². The number of hydrogen-bond acceptors (Lipinski definition) is 1. The first-order valence-electron chi connectivity index (χ1n) is 10.4. The molecule has 1 aliphatic heterocycles. The van der Waals surface area contributed by atoms with Gasteiger partial charge in [0.1, 0.15) is 12.4 Å². The van der Waals surface area contributed by atoms with Gasteiger partial charge in [-0.3, -0.25) is 4.48 Å². The summed E-state index contributed by atoms with van der Waals surface area (Å²) < 4.78 is 4.66. The molecular weight excluding hydrogens is 341 g/mol. The molecule has 4 heteroatoms. The first-order chi connectivity index (χ1) is 13.3. The summed E-state index contributed by atoms with van der Waals surface area (Å²) in [7, 11) is 2.14. The van der Waals surface area contributed by atoms with E-state index in [4.69, 9.17) is 0 Å². The summed E-state index contributed by atoms with van der Waals surface area (Å²) in [4.78, 5) is 2.57. The highest BCUT2D eigenvalue weighted by Gasteiger charge is 2.42. The van der Waals surface area contributed by atoms with Gasteiger partial charge < -0.3 is 4.81 Å². The molecule has 0 bridgehead atoms. The lowest BCUT2D eigenvalue weighted by Crippen LogP contribution is -2.62. The summed E-state index contributed by atoms with van der Waals surface area (Å²) in [5.41, 5.74) is 8.19. The van der Waals surface area contributed by atoms with Gasteiger partial charge in [0.05, 0.1) is 12.6 Å². The van der Waals surface area contributed by atoms with Crippen LogP contribution >= 0.6 is 0 Å². The first kappa shape index (κ1) is 18.9. The first-order valence-corrected chi connectivity index (χ1v) is 10.4. The third-order valence-electron chi connectivity index (χ3n) is 6.12. The second-order valence-electron chi connectivity index (χ2n) is 8.71. The maximum absolute atomic E-state index is 2.57. The highest BCUT2D eigenvalue weighted by Crippen LogP contribution is 2.44. The largest absolute Gasteiger partial charge is 0.502 e. The van der Waals surface area contributed by atoms with Crippen LogP contribution in [0.25, 0.3) is 11.4 Å². The maximum Gasteiger partial charge on any atom is 0.502 e. The molecule has 0 fully saturated rings. The summed E-state index contributed by atoms with van der Waals surface area (Å²) in [6.07, 6.45) is 4.39. The standard InChI is InChI=1S/C24H31BN3/c1-16(2)19-11-9-12-20(17(3)4)23(19)28-21-13-8-10-18(5)22(21)24-26(7)14-15-27(24)25(28)6/h8-17H,1-7H3/q+1. The molecule has 0 unspecified atom stereocenters.